The highest BCUT2D eigenvalue weighted by Gasteiger charge is 2.31. The average molecular weight is 284 g/mol. The molecule has 2 heterocycles. The predicted molar refractivity (Wildman–Crippen MR) is 87.4 cm³/mol. The van der Waals surface area contributed by atoms with Crippen LogP contribution < -0.4 is 4.90 Å². The molecule has 4 nitrogen and oxygen atoms in total. The molecule has 0 spiro atoms. The highest BCUT2D eigenvalue weighted by Crippen LogP contribution is 2.37. The van der Waals surface area contributed by atoms with Gasteiger partial charge in [0.15, 0.2) is 0 Å². The van der Waals surface area contributed by atoms with Crippen molar-refractivity contribution in [3.05, 3.63) is 30.7 Å². The maximum Gasteiger partial charge on any atom is 0.142 e. The van der Waals surface area contributed by atoms with Crippen LogP contribution in [0.4, 0.5) is 5.82 Å². The fourth-order valence-electron chi connectivity index (χ4n) is 3.58. The first kappa shape index (κ1) is 14.1. The fourth-order valence-corrected chi connectivity index (χ4v) is 3.58. The summed E-state index contributed by atoms with van der Waals surface area (Å²) >= 11 is 0. The number of H-pyrrole nitrogens is 1. The number of aromatic amines is 1. The number of nitrogens with one attached hydrogen (secondary N) is 1. The molecular formula is C17H24N4. The zero-order chi connectivity index (χ0) is 15.0. The van der Waals surface area contributed by atoms with E-state index in [0.29, 0.717) is 17.9 Å². The maximum atomic E-state index is 4.53. The summed E-state index contributed by atoms with van der Waals surface area (Å²) in [4.78, 5) is 14.3. The summed E-state index contributed by atoms with van der Waals surface area (Å²) in [6, 6.07) is 2.57. The van der Waals surface area contributed by atoms with Gasteiger partial charge in [-0.3, -0.25) is 0 Å². The molecule has 0 unspecified atom stereocenters. The van der Waals surface area contributed by atoms with Crippen LogP contribution in [0.5, 0.6) is 0 Å². The van der Waals surface area contributed by atoms with Crippen molar-refractivity contribution in [1.29, 1.82) is 0 Å². The minimum absolute atomic E-state index is 0.508. The van der Waals surface area contributed by atoms with Crippen molar-refractivity contribution in [1.82, 2.24) is 15.0 Å². The Bertz CT molecular complexity index is 645. The second-order valence-electron chi connectivity index (χ2n) is 6.45. The summed E-state index contributed by atoms with van der Waals surface area (Å²) in [5.41, 5.74) is 2.22. The number of anilines is 1. The molecule has 21 heavy (non-hydrogen) atoms. The number of hydrogen-bond donors (Lipinski definition) is 1. The van der Waals surface area contributed by atoms with Crippen LogP contribution >= 0.6 is 0 Å². The normalized spacial score (nSPS) is 26.0. The Morgan fingerprint density at radius 2 is 2.19 bits per heavy atom. The summed E-state index contributed by atoms with van der Waals surface area (Å²) in [7, 11) is 2.16. The molecule has 2 aromatic rings. The summed E-state index contributed by atoms with van der Waals surface area (Å²) in [5, 5.41) is 1.10. The standard InChI is InChI=1S/C17H24N4/c1-11(2)13-6-5-12(3)15(9-13)21(4)17-14-7-8-18-16(14)19-10-20-17/h7-8,10,12-13,15H,1,5-6,9H2,2-4H3,(H,18,19,20)/t12-,13+,15+/m1/s1. The zero-order valence-corrected chi connectivity index (χ0v) is 13.1. The smallest absolute Gasteiger partial charge is 0.142 e. The van der Waals surface area contributed by atoms with Crippen molar-refractivity contribution in [2.45, 2.75) is 39.2 Å². The SMILES string of the molecule is C=C(C)[C@H]1CC[C@@H](C)[C@@H](N(C)c2ncnc3[nH]ccc23)C1. The first-order chi connectivity index (χ1) is 10.1. The molecule has 4 heteroatoms. The van der Waals surface area contributed by atoms with E-state index in [9.17, 15) is 0 Å². The molecule has 112 valence electrons. The van der Waals surface area contributed by atoms with Crippen LogP contribution in [0.15, 0.2) is 30.7 Å². The number of nitrogens with zero attached hydrogens (tertiary/aromatic N) is 3. The number of fused-ring (bicyclic) bond motifs is 1. The molecule has 3 atom stereocenters. The Balaban J connectivity index is 1.91. The van der Waals surface area contributed by atoms with Gasteiger partial charge in [-0.05, 0) is 44.1 Å². The van der Waals surface area contributed by atoms with Crippen molar-refractivity contribution in [3.8, 4) is 0 Å². The van der Waals surface area contributed by atoms with Crippen molar-refractivity contribution in [2.75, 3.05) is 11.9 Å². The van der Waals surface area contributed by atoms with E-state index in [2.05, 4.69) is 53.4 Å². The van der Waals surface area contributed by atoms with Crippen LogP contribution in [0, 0.1) is 11.8 Å². The lowest BCUT2D eigenvalue weighted by Gasteiger charge is -2.40. The number of allylic oxidation sites excluding steroid dienone is 1. The zero-order valence-electron chi connectivity index (χ0n) is 13.1. The third-order valence-corrected chi connectivity index (χ3v) is 5.01. The Morgan fingerprint density at radius 1 is 1.38 bits per heavy atom. The third-order valence-electron chi connectivity index (χ3n) is 5.01. The Kier molecular flexibility index (Phi) is 3.70. The molecule has 1 aliphatic carbocycles. The van der Waals surface area contributed by atoms with Crippen LogP contribution in [-0.4, -0.2) is 28.0 Å². The van der Waals surface area contributed by atoms with Gasteiger partial charge in [0.05, 0.1) is 5.39 Å². The molecule has 3 rings (SSSR count). The fraction of sp³-hybridized carbons (Fsp3) is 0.529. The molecule has 0 aromatic carbocycles. The minimum Gasteiger partial charge on any atom is -0.356 e. The average Bonchev–Trinajstić information content (AvgIpc) is 2.95. The Hall–Kier alpha value is -1.84. The van der Waals surface area contributed by atoms with Gasteiger partial charge in [0.2, 0.25) is 0 Å². The van der Waals surface area contributed by atoms with Crippen LogP contribution in [0.3, 0.4) is 0 Å². The second-order valence-corrected chi connectivity index (χ2v) is 6.45. The van der Waals surface area contributed by atoms with E-state index in [0.717, 1.165) is 16.9 Å². The molecule has 1 fully saturated rings. The summed E-state index contributed by atoms with van der Waals surface area (Å²) < 4.78 is 0. The first-order valence-corrected chi connectivity index (χ1v) is 7.74. The van der Waals surface area contributed by atoms with Gasteiger partial charge in [-0.25, -0.2) is 9.97 Å². The van der Waals surface area contributed by atoms with E-state index in [4.69, 9.17) is 0 Å². The number of rotatable bonds is 3. The van der Waals surface area contributed by atoms with Gasteiger partial charge in [-0.1, -0.05) is 19.1 Å². The largest absolute Gasteiger partial charge is 0.356 e. The summed E-state index contributed by atoms with van der Waals surface area (Å²) in [6.45, 7) is 8.67. The van der Waals surface area contributed by atoms with Crippen molar-refractivity contribution < 1.29 is 0 Å². The molecule has 2 aromatic heterocycles. The molecule has 1 aliphatic rings. The minimum atomic E-state index is 0.508. The van der Waals surface area contributed by atoms with Crippen LogP contribution in [0.2, 0.25) is 0 Å². The molecule has 0 bridgehead atoms. The van der Waals surface area contributed by atoms with Gasteiger partial charge in [0.25, 0.3) is 0 Å². The van der Waals surface area contributed by atoms with E-state index in [1.807, 2.05) is 6.20 Å². The van der Waals surface area contributed by atoms with Crippen molar-refractivity contribution in [2.24, 2.45) is 11.8 Å². The van der Waals surface area contributed by atoms with Gasteiger partial charge < -0.3 is 9.88 Å². The summed E-state index contributed by atoms with van der Waals surface area (Å²) in [5.74, 6) is 2.34. The topological polar surface area (TPSA) is 44.8 Å². The van der Waals surface area contributed by atoms with Gasteiger partial charge in [0, 0.05) is 19.3 Å². The molecule has 0 amide bonds. The molecular weight excluding hydrogens is 260 g/mol. The molecule has 0 aliphatic heterocycles. The second kappa shape index (κ2) is 5.51. The number of aromatic nitrogens is 3. The van der Waals surface area contributed by atoms with E-state index in [1.54, 1.807) is 6.33 Å². The maximum absolute atomic E-state index is 4.53. The Labute approximate surface area is 126 Å². The van der Waals surface area contributed by atoms with Crippen LogP contribution in [0.1, 0.15) is 33.1 Å². The molecule has 1 saturated carbocycles. The monoisotopic (exact) mass is 284 g/mol. The van der Waals surface area contributed by atoms with Gasteiger partial charge in [0.1, 0.15) is 17.8 Å². The Morgan fingerprint density at radius 3 is 2.95 bits per heavy atom. The van der Waals surface area contributed by atoms with Gasteiger partial charge in [-0.15, -0.1) is 0 Å². The van der Waals surface area contributed by atoms with E-state index in [1.165, 1.54) is 24.8 Å². The highest BCUT2D eigenvalue weighted by atomic mass is 15.2. The van der Waals surface area contributed by atoms with E-state index < -0.39 is 0 Å². The summed E-state index contributed by atoms with van der Waals surface area (Å²) in [6.07, 6.45) is 7.27. The van der Waals surface area contributed by atoms with Gasteiger partial charge in [-0.2, -0.15) is 0 Å². The lowest BCUT2D eigenvalue weighted by atomic mass is 9.76. The molecule has 1 N–H and O–H groups in total. The predicted octanol–water partition coefficient (Wildman–Crippen LogP) is 3.78. The highest BCUT2D eigenvalue weighted by molar-refractivity contribution is 5.87. The number of hydrogen-bond acceptors (Lipinski definition) is 3. The molecule has 0 saturated heterocycles. The van der Waals surface area contributed by atoms with Crippen LogP contribution in [0.25, 0.3) is 11.0 Å². The quantitative estimate of drug-likeness (QED) is 0.872. The first-order valence-electron chi connectivity index (χ1n) is 7.74. The molecule has 0 radical (unpaired) electrons. The van der Waals surface area contributed by atoms with Crippen LogP contribution in [-0.2, 0) is 0 Å². The van der Waals surface area contributed by atoms with E-state index in [-0.39, 0.29) is 0 Å². The third kappa shape index (κ3) is 2.55. The lowest BCUT2D eigenvalue weighted by Crippen LogP contribution is -2.42. The van der Waals surface area contributed by atoms with Crippen molar-refractivity contribution in [3.63, 3.8) is 0 Å². The van der Waals surface area contributed by atoms with Crippen molar-refractivity contribution >= 4 is 16.9 Å². The van der Waals surface area contributed by atoms with Gasteiger partial charge >= 0.3 is 0 Å². The lowest BCUT2D eigenvalue weighted by molar-refractivity contribution is 0.270. The van der Waals surface area contributed by atoms with E-state index >= 15 is 0 Å².